The van der Waals surface area contributed by atoms with Crippen molar-refractivity contribution in [3.63, 3.8) is 0 Å². The van der Waals surface area contributed by atoms with Gasteiger partial charge in [-0.3, -0.25) is 9.20 Å². The van der Waals surface area contributed by atoms with Gasteiger partial charge in [0.25, 0.3) is 0 Å². The highest BCUT2D eigenvalue weighted by molar-refractivity contribution is 7.89. The van der Waals surface area contributed by atoms with Crippen LogP contribution in [-0.2, 0) is 21.4 Å². The van der Waals surface area contributed by atoms with E-state index in [0.717, 1.165) is 47.6 Å². The van der Waals surface area contributed by atoms with Crippen LogP contribution in [0.15, 0.2) is 71.8 Å². The molecule has 1 N–H and O–H groups in total. The number of rotatable bonds is 6. The van der Waals surface area contributed by atoms with Crippen LogP contribution in [0.4, 0.5) is 5.69 Å². The maximum absolute atomic E-state index is 13.8. The minimum atomic E-state index is -3.71. The Bertz CT molecular complexity index is 1630. The number of benzene rings is 2. The summed E-state index contributed by atoms with van der Waals surface area (Å²) in [4.78, 5) is 14.4. The molecule has 2 aromatic carbocycles. The van der Waals surface area contributed by atoms with Crippen molar-refractivity contribution in [2.75, 3.05) is 18.0 Å². The van der Waals surface area contributed by atoms with Crippen LogP contribution in [-0.4, -0.2) is 57.5 Å². The first-order valence-corrected chi connectivity index (χ1v) is 14.2. The standard InChI is InChI=1S/C28H29N5O4S/c1-19-29-30-27-15-22(11-13-32(19)27)24(16-28(34)35)21-7-4-6-20(14-21)17-31-18-23-8-5-12-33(23)25-9-2-3-10-26(25)38(31,36)37/h2-4,6-7,9-11,13-15,23-24H,5,8,12,16-18H2,1H3,(H,34,35)/t23?,24-/m0/s1. The number of aromatic nitrogens is 3. The fourth-order valence-corrected chi connectivity index (χ4v) is 7.50. The summed E-state index contributed by atoms with van der Waals surface area (Å²) in [6, 6.07) is 18.8. The van der Waals surface area contributed by atoms with Crippen molar-refractivity contribution in [3.05, 3.63) is 89.4 Å². The molecule has 0 radical (unpaired) electrons. The summed E-state index contributed by atoms with van der Waals surface area (Å²) in [7, 11) is -3.71. The lowest BCUT2D eigenvalue weighted by Crippen LogP contribution is -2.39. The van der Waals surface area contributed by atoms with Crippen LogP contribution < -0.4 is 4.90 Å². The zero-order chi connectivity index (χ0) is 26.4. The van der Waals surface area contributed by atoms with E-state index in [4.69, 9.17) is 0 Å². The van der Waals surface area contributed by atoms with Crippen molar-refractivity contribution in [3.8, 4) is 0 Å². The molecule has 196 valence electrons. The SMILES string of the molecule is Cc1nnc2cc([C@@H](CC(=O)O)c3cccc(CN4CC5CCCN5c5ccccc5S4(=O)=O)c3)ccn12. The van der Waals surface area contributed by atoms with Crippen molar-refractivity contribution in [1.29, 1.82) is 0 Å². The molecule has 2 aromatic heterocycles. The van der Waals surface area contributed by atoms with Gasteiger partial charge in [0.1, 0.15) is 10.7 Å². The maximum atomic E-state index is 13.8. The number of hydrogen-bond acceptors (Lipinski definition) is 6. The third-order valence-electron chi connectivity index (χ3n) is 7.68. The lowest BCUT2D eigenvalue weighted by molar-refractivity contribution is -0.137. The van der Waals surface area contributed by atoms with Crippen LogP contribution in [0, 0.1) is 6.92 Å². The van der Waals surface area contributed by atoms with Crippen molar-refractivity contribution in [2.45, 2.75) is 49.6 Å². The van der Waals surface area contributed by atoms with E-state index < -0.39 is 21.9 Å². The van der Waals surface area contributed by atoms with Gasteiger partial charge in [0, 0.05) is 37.8 Å². The molecule has 1 unspecified atom stereocenters. The smallest absolute Gasteiger partial charge is 0.304 e. The molecule has 0 bridgehead atoms. The molecule has 38 heavy (non-hydrogen) atoms. The van der Waals surface area contributed by atoms with E-state index >= 15 is 0 Å². The number of pyridine rings is 1. The number of carboxylic acid groups (broad SMARTS) is 1. The fraction of sp³-hybridized carbons (Fsp3) is 0.321. The largest absolute Gasteiger partial charge is 0.481 e. The molecule has 1 saturated heterocycles. The predicted octanol–water partition coefficient (Wildman–Crippen LogP) is 3.82. The molecule has 4 heterocycles. The van der Waals surface area contributed by atoms with Gasteiger partial charge >= 0.3 is 5.97 Å². The van der Waals surface area contributed by atoms with E-state index in [1.165, 1.54) is 0 Å². The number of nitrogens with zero attached hydrogens (tertiary/aromatic N) is 5. The van der Waals surface area contributed by atoms with Gasteiger partial charge in [-0.2, -0.15) is 4.31 Å². The van der Waals surface area contributed by atoms with E-state index in [1.54, 1.807) is 16.4 Å². The highest BCUT2D eigenvalue weighted by Crippen LogP contribution is 2.38. The van der Waals surface area contributed by atoms with Gasteiger partial charge in [0.15, 0.2) is 5.65 Å². The first-order valence-electron chi connectivity index (χ1n) is 12.8. The Hall–Kier alpha value is -3.76. The molecular weight excluding hydrogens is 502 g/mol. The van der Waals surface area contributed by atoms with E-state index in [-0.39, 0.29) is 19.0 Å². The third kappa shape index (κ3) is 4.33. The highest BCUT2D eigenvalue weighted by atomic mass is 32.2. The van der Waals surface area contributed by atoms with Gasteiger partial charge < -0.3 is 10.0 Å². The van der Waals surface area contributed by atoms with Crippen LogP contribution in [0.1, 0.15) is 47.7 Å². The summed E-state index contributed by atoms with van der Waals surface area (Å²) in [5.74, 6) is -0.573. The Morgan fingerprint density at radius 2 is 1.89 bits per heavy atom. The quantitative estimate of drug-likeness (QED) is 0.403. The van der Waals surface area contributed by atoms with Crippen LogP contribution in [0.25, 0.3) is 5.65 Å². The molecule has 9 nitrogen and oxygen atoms in total. The Morgan fingerprint density at radius 3 is 2.74 bits per heavy atom. The average Bonchev–Trinajstić information content (AvgIpc) is 3.51. The molecule has 0 aliphatic carbocycles. The first-order chi connectivity index (χ1) is 18.3. The number of carboxylic acids is 1. The Labute approximate surface area is 221 Å². The van der Waals surface area contributed by atoms with Crippen LogP contribution in [0.5, 0.6) is 0 Å². The Morgan fingerprint density at radius 1 is 1.08 bits per heavy atom. The molecule has 0 amide bonds. The number of carbonyl (C=O) groups is 1. The van der Waals surface area contributed by atoms with Gasteiger partial charge in [-0.15, -0.1) is 10.2 Å². The zero-order valence-corrected chi connectivity index (χ0v) is 21.9. The number of hydrogen-bond donors (Lipinski definition) is 1. The highest BCUT2D eigenvalue weighted by Gasteiger charge is 2.39. The summed E-state index contributed by atoms with van der Waals surface area (Å²) in [6.45, 7) is 3.35. The number of para-hydroxylation sites is 1. The lowest BCUT2D eigenvalue weighted by Gasteiger charge is -2.26. The molecule has 0 spiro atoms. The number of aliphatic carboxylic acids is 1. The van der Waals surface area contributed by atoms with Gasteiger partial charge in [-0.25, -0.2) is 8.42 Å². The summed E-state index contributed by atoms with van der Waals surface area (Å²) in [5, 5.41) is 18.0. The molecular formula is C28H29N5O4S. The van der Waals surface area contributed by atoms with Gasteiger partial charge in [0.05, 0.1) is 12.1 Å². The van der Waals surface area contributed by atoms with E-state index in [0.29, 0.717) is 17.1 Å². The molecule has 2 aliphatic rings. The molecule has 1 fully saturated rings. The lowest BCUT2D eigenvalue weighted by atomic mass is 9.88. The second-order valence-electron chi connectivity index (χ2n) is 10.1. The third-order valence-corrected chi connectivity index (χ3v) is 9.54. The van der Waals surface area contributed by atoms with Crippen molar-refractivity contribution >= 4 is 27.3 Å². The number of fused-ring (bicyclic) bond motifs is 4. The molecule has 4 aromatic rings. The van der Waals surface area contributed by atoms with Crippen molar-refractivity contribution in [2.24, 2.45) is 0 Å². The van der Waals surface area contributed by atoms with E-state index in [1.807, 2.05) is 66.1 Å². The molecule has 10 heteroatoms. The van der Waals surface area contributed by atoms with Gasteiger partial charge in [-0.05, 0) is 60.7 Å². The summed E-state index contributed by atoms with van der Waals surface area (Å²) < 4.78 is 31.0. The average molecular weight is 532 g/mol. The van der Waals surface area contributed by atoms with E-state index in [9.17, 15) is 18.3 Å². The molecule has 2 aliphatic heterocycles. The Kier molecular flexibility index (Phi) is 6.16. The number of sulfonamides is 1. The normalized spacial score (nSPS) is 19.6. The van der Waals surface area contributed by atoms with Gasteiger partial charge in [-0.1, -0.05) is 36.4 Å². The topological polar surface area (TPSA) is 108 Å². The Balaban J connectivity index is 1.35. The van der Waals surface area contributed by atoms with Gasteiger partial charge in [0.2, 0.25) is 10.0 Å². The fourth-order valence-electron chi connectivity index (χ4n) is 5.83. The zero-order valence-electron chi connectivity index (χ0n) is 21.1. The minimum absolute atomic E-state index is 0.0980. The first kappa shape index (κ1) is 24.6. The van der Waals surface area contributed by atoms with Crippen LogP contribution >= 0.6 is 0 Å². The maximum Gasteiger partial charge on any atom is 0.304 e. The van der Waals surface area contributed by atoms with E-state index in [2.05, 4.69) is 15.1 Å². The summed E-state index contributed by atoms with van der Waals surface area (Å²) in [6.07, 6.45) is 3.74. The van der Waals surface area contributed by atoms with Crippen molar-refractivity contribution < 1.29 is 18.3 Å². The summed E-state index contributed by atoms with van der Waals surface area (Å²) >= 11 is 0. The number of anilines is 1. The number of aryl methyl sites for hydroxylation is 1. The van der Waals surface area contributed by atoms with Crippen molar-refractivity contribution in [1.82, 2.24) is 18.9 Å². The van der Waals surface area contributed by atoms with Crippen LogP contribution in [0.3, 0.4) is 0 Å². The molecule has 6 rings (SSSR count). The minimum Gasteiger partial charge on any atom is -0.481 e. The monoisotopic (exact) mass is 531 g/mol. The second kappa shape index (κ2) is 9.52. The van der Waals surface area contributed by atoms with Crippen LogP contribution in [0.2, 0.25) is 0 Å². The predicted molar refractivity (Wildman–Crippen MR) is 143 cm³/mol. The molecule has 0 saturated carbocycles. The molecule has 2 atom stereocenters. The second-order valence-corrected chi connectivity index (χ2v) is 12.0. The summed E-state index contributed by atoms with van der Waals surface area (Å²) in [5.41, 5.74) is 3.90.